The maximum absolute atomic E-state index is 13.3. The molecule has 0 aliphatic rings. The van der Waals surface area contributed by atoms with Crippen molar-refractivity contribution in [3.8, 4) is 0 Å². The molecule has 1 heterocycles. The van der Waals surface area contributed by atoms with Gasteiger partial charge in [0, 0.05) is 31.0 Å². The van der Waals surface area contributed by atoms with Gasteiger partial charge in [0.1, 0.15) is 0 Å². The first-order chi connectivity index (χ1) is 12.2. The van der Waals surface area contributed by atoms with Crippen LogP contribution in [0, 0.1) is 25.5 Å². The topological polar surface area (TPSA) is 80.2 Å². The summed E-state index contributed by atoms with van der Waals surface area (Å²) in [5.41, 5.74) is 1.18. The molecule has 2 aromatic rings. The van der Waals surface area contributed by atoms with E-state index in [1.54, 1.807) is 27.8 Å². The first-order valence-electron chi connectivity index (χ1n) is 7.93. The Morgan fingerprint density at radius 3 is 2.35 bits per heavy atom. The highest BCUT2D eigenvalue weighted by Gasteiger charge is 2.28. The number of ketones is 1. The van der Waals surface area contributed by atoms with Crippen LogP contribution in [0.4, 0.5) is 14.5 Å². The van der Waals surface area contributed by atoms with E-state index in [4.69, 9.17) is 0 Å². The van der Waals surface area contributed by atoms with E-state index in [9.17, 15) is 23.2 Å². The number of hydrogen-bond acceptors (Lipinski definition) is 3. The zero-order valence-corrected chi connectivity index (χ0v) is 14.9. The molecular formula is C18H19F2N3O3. The monoisotopic (exact) mass is 363 g/mol. The van der Waals surface area contributed by atoms with Crippen LogP contribution < -0.4 is 10.6 Å². The smallest absolute Gasteiger partial charge is 0.293 e. The van der Waals surface area contributed by atoms with Gasteiger partial charge >= 0.3 is 0 Å². The second kappa shape index (κ2) is 7.47. The molecule has 138 valence electrons. The molecule has 0 aliphatic heterocycles. The maximum Gasteiger partial charge on any atom is 0.293 e. The summed E-state index contributed by atoms with van der Waals surface area (Å²) in [5, 5.41) is 4.90. The van der Waals surface area contributed by atoms with Gasteiger partial charge in [-0.3, -0.25) is 14.4 Å². The second-order valence-corrected chi connectivity index (χ2v) is 5.76. The molecule has 0 unspecified atom stereocenters. The van der Waals surface area contributed by atoms with Gasteiger partial charge < -0.3 is 15.2 Å². The summed E-state index contributed by atoms with van der Waals surface area (Å²) in [6.45, 7) is 5.17. The zero-order valence-electron chi connectivity index (χ0n) is 14.9. The molecular weight excluding hydrogens is 344 g/mol. The first kappa shape index (κ1) is 19.3. The van der Waals surface area contributed by atoms with E-state index in [1.807, 2.05) is 0 Å². The van der Waals surface area contributed by atoms with E-state index in [-0.39, 0.29) is 16.9 Å². The molecule has 0 radical (unpaired) electrons. The van der Waals surface area contributed by atoms with Gasteiger partial charge in [-0.25, -0.2) is 8.78 Å². The molecule has 26 heavy (non-hydrogen) atoms. The van der Waals surface area contributed by atoms with Crippen LogP contribution in [0.25, 0.3) is 0 Å². The Morgan fingerprint density at radius 2 is 1.77 bits per heavy atom. The molecule has 2 amide bonds. The van der Waals surface area contributed by atoms with Crippen molar-refractivity contribution in [1.29, 1.82) is 0 Å². The number of Topliss-reactive ketones (excluding diaryl/α,β-unsaturated/α-hetero) is 1. The van der Waals surface area contributed by atoms with Crippen LogP contribution >= 0.6 is 0 Å². The van der Waals surface area contributed by atoms with Gasteiger partial charge in [0.15, 0.2) is 11.6 Å². The van der Waals surface area contributed by atoms with Crippen molar-refractivity contribution in [3.63, 3.8) is 0 Å². The Morgan fingerprint density at radius 1 is 1.12 bits per heavy atom. The number of benzene rings is 1. The molecule has 1 aromatic carbocycles. The third-order valence-electron chi connectivity index (χ3n) is 4.09. The third-order valence-corrected chi connectivity index (χ3v) is 4.09. The number of carbonyl (C=O) groups is 3. The Kier molecular flexibility index (Phi) is 5.54. The van der Waals surface area contributed by atoms with Gasteiger partial charge in [-0.2, -0.15) is 0 Å². The van der Waals surface area contributed by atoms with Gasteiger partial charge in [-0.1, -0.05) is 0 Å². The second-order valence-electron chi connectivity index (χ2n) is 5.76. The fourth-order valence-electron chi connectivity index (χ4n) is 2.75. The lowest BCUT2D eigenvalue weighted by molar-refractivity contribution is -0.116. The number of aromatic nitrogens is 1. The first-order valence-corrected chi connectivity index (χ1v) is 7.93. The van der Waals surface area contributed by atoms with E-state index in [2.05, 4.69) is 10.6 Å². The van der Waals surface area contributed by atoms with Crippen molar-refractivity contribution in [1.82, 2.24) is 9.88 Å². The van der Waals surface area contributed by atoms with Crippen molar-refractivity contribution < 1.29 is 23.2 Å². The predicted molar refractivity (Wildman–Crippen MR) is 92.2 cm³/mol. The highest BCUT2D eigenvalue weighted by molar-refractivity contribution is 6.43. The van der Waals surface area contributed by atoms with Crippen LogP contribution in [0.5, 0.6) is 0 Å². The molecule has 0 bridgehead atoms. The van der Waals surface area contributed by atoms with Gasteiger partial charge in [-0.15, -0.1) is 0 Å². The molecule has 0 saturated carbocycles. The number of halogens is 2. The number of rotatable bonds is 5. The molecule has 1 aromatic heterocycles. The lowest BCUT2D eigenvalue weighted by Crippen LogP contribution is -2.32. The molecule has 8 heteroatoms. The van der Waals surface area contributed by atoms with E-state index in [0.717, 1.165) is 12.1 Å². The molecule has 0 fully saturated rings. The minimum Gasteiger partial charge on any atom is -0.349 e. The number of hydrogen-bond donors (Lipinski definition) is 2. The van der Waals surface area contributed by atoms with Crippen LogP contribution in [0.3, 0.4) is 0 Å². The van der Waals surface area contributed by atoms with Gasteiger partial charge in [0.2, 0.25) is 0 Å². The fourth-order valence-corrected chi connectivity index (χ4v) is 2.75. The summed E-state index contributed by atoms with van der Waals surface area (Å²) in [6, 6.07) is 2.99. The number of nitrogens with one attached hydrogen (secondary N) is 2. The predicted octanol–water partition coefficient (Wildman–Crippen LogP) is 2.49. The van der Waals surface area contributed by atoms with Gasteiger partial charge in [0.25, 0.3) is 17.6 Å². The van der Waals surface area contributed by atoms with Crippen LogP contribution in [0.15, 0.2) is 18.2 Å². The third kappa shape index (κ3) is 3.49. The quantitative estimate of drug-likeness (QED) is 0.633. The van der Waals surface area contributed by atoms with Gasteiger partial charge in [0.05, 0.1) is 11.3 Å². The average Bonchev–Trinajstić information content (AvgIpc) is 2.80. The summed E-state index contributed by atoms with van der Waals surface area (Å²) in [7, 11) is 1.57. The Bertz CT molecular complexity index is 904. The minimum absolute atomic E-state index is 0.0770. The van der Waals surface area contributed by atoms with Gasteiger partial charge in [-0.05, 0) is 38.5 Å². The Hall–Kier alpha value is -3.03. The fraction of sp³-hybridized carbons (Fsp3) is 0.278. The van der Waals surface area contributed by atoms with E-state index in [1.165, 1.54) is 10.6 Å². The van der Waals surface area contributed by atoms with Crippen molar-refractivity contribution >= 4 is 23.3 Å². The van der Waals surface area contributed by atoms with E-state index in [0.29, 0.717) is 17.8 Å². The average molecular weight is 363 g/mol. The Balaban J connectivity index is 2.39. The maximum atomic E-state index is 13.3. The molecule has 0 aliphatic carbocycles. The Labute approximate surface area is 149 Å². The highest BCUT2D eigenvalue weighted by Crippen LogP contribution is 2.23. The van der Waals surface area contributed by atoms with E-state index < -0.39 is 29.2 Å². The summed E-state index contributed by atoms with van der Waals surface area (Å²) < 4.78 is 27.8. The summed E-state index contributed by atoms with van der Waals surface area (Å²) >= 11 is 0. The van der Waals surface area contributed by atoms with Crippen LogP contribution in [0.1, 0.15) is 39.0 Å². The number of anilines is 1. The molecule has 0 spiro atoms. The molecule has 0 atom stereocenters. The molecule has 0 saturated heterocycles. The lowest BCUT2D eigenvalue weighted by atomic mass is 10.1. The summed E-state index contributed by atoms with van der Waals surface area (Å²) in [4.78, 5) is 36.8. The van der Waals surface area contributed by atoms with Crippen molar-refractivity contribution in [2.45, 2.75) is 20.8 Å². The van der Waals surface area contributed by atoms with Crippen LogP contribution in [0.2, 0.25) is 0 Å². The SMILES string of the molecule is CCNC(=O)C(=O)c1c(C)c(C(=O)Nc2ccc(F)c(F)c2)c(C)n1C. The number of amides is 2. The molecule has 2 rings (SSSR count). The van der Waals surface area contributed by atoms with Crippen molar-refractivity contribution in [2.24, 2.45) is 7.05 Å². The standard InChI is InChI=1S/C18H19F2N3O3/c1-5-21-18(26)16(24)15-9(2)14(10(3)23(15)4)17(25)22-11-6-7-12(19)13(20)8-11/h6-8H,5H2,1-4H3,(H,21,26)(H,22,25). The van der Waals surface area contributed by atoms with Crippen molar-refractivity contribution in [3.05, 3.63) is 52.3 Å². The van der Waals surface area contributed by atoms with Crippen molar-refractivity contribution in [2.75, 3.05) is 11.9 Å². The number of nitrogens with zero attached hydrogens (tertiary/aromatic N) is 1. The summed E-state index contributed by atoms with van der Waals surface area (Å²) in [6.07, 6.45) is 0. The molecule has 2 N–H and O–H groups in total. The largest absolute Gasteiger partial charge is 0.349 e. The highest BCUT2D eigenvalue weighted by atomic mass is 19.2. The number of likely N-dealkylation sites (N-methyl/N-ethyl adjacent to an activating group) is 1. The number of carbonyl (C=O) groups excluding carboxylic acids is 3. The van der Waals surface area contributed by atoms with E-state index >= 15 is 0 Å². The minimum atomic E-state index is -1.09. The summed E-state index contributed by atoms with van der Waals surface area (Å²) in [5.74, 6) is -4.21. The van der Waals surface area contributed by atoms with Crippen LogP contribution in [-0.4, -0.2) is 28.7 Å². The molecule has 6 nitrogen and oxygen atoms in total. The normalized spacial score (nSPS) is 10.5. The lowest BCUT2D eigenvalue weighted by Gasteiger charge is -2.07. The zero-order chi connectivity index (χ0) is 19.6. The van der Waals surface area contributed by atoms with Crippen LogP contribution in [-0.2, 0) is 11.8 Å².